The van der Waals surface area contributed by atoms with Gasteiger partial charge in [-0.05, 0) is 63.4 Å². The van der Waals surface area contributed by atoms with Crippen molar-refractivity contribution in [2.75, 3.05) is 25.4 Å². The van der Waals surface area contributed by atoms with Gasteiger partial charge < -0.3 is 4.42 Å². The predicted molar refractivity (Wildman–Crippen MR) is 111 cm³/mol. The van der Waals surface area contributed by atoms with Crippen LogP contribution in [0.4, 0.5) is 4.39 Å². The number of likely N-dealkylation sites (tertiary alicyclic amines) is 1. The van der Waals surface area contributed by atoms with E-state index < -0.39 is 10.0 Å². The van der Waals surface area contributed by atoms with Gasteiger partial charge in [0.15, 0.2) is 0 Å². The number of nitrogens with zero attached hydrogens (tertiary/aromatic N) is 4. The SMILES string of the molecule is CCS(=O)(=O)N1CCCCC1c1nnc(C2CCN(Cc3cccc(F)c3)CC2)o1. The molecule has 1 unspecified atom stereocenters. The van der Waals surface area contributed by atoms with Crippen molar-refractivity contribution in [1.29, 1.82) is 0 Å². The number of piperidine rings is 2. The van der Waals surface area contributed by atoms with Gasteiger partial charge in [-0.25, -0.2) is 12.8 Å². The van der Waals surface area contributed by atoms with Crippen LogP contribution < -0.4 is 0 Å². The lowest BCUT2D eigenvalue weighted by molar-refractivity contribution is 0.183. The zero-order chi connectivity index (χ0) is 21.1. The fourth-order valence-electron chi connectivity index (χ4n) is 4.43. The lowest BCUT2D eigenvalue weighted by Gasteiger charge is -2.32. The molecule has 0 amide bonds. The quantitative estimate of drug-likeness (QED) is 0.690. The van der Waals surface area contributed by atoms with E-state index in [0.29, 0.717) is 24.7 Å². The van der Waals surface area contributed by atoms with Gasteiger partial charge >= 0.3 is 0 Å². The van der Waals surface area contributed by atoms with Crippen LogP contribution in [0.25, 0.3) is 0 Å². The van der Waals surface area contributed by atoms with Gasteiger partial charge in [-0.2, -0.15) is 4.31 Å². The Balaban J connectivity index is 1.39. The first kappa shape index (κ1) is 21.4. The first-order valence-electron chi connectivity index (χ1n) is 10.8. The van der Waals surface area contributed by atoms with Gasteiger partial charge in [0, 0.05) is 19.0 Å². The summed E-state index contributed by atoms with van der Waals surface area (Å²) in [5.41, 5.74) is 0.975. The van der Waals surface area contributed by atoms with Crippen molar-refractivity contribution >= 4 is 10.0 Å². The molecule has 2 aliphatic rings. The predicted octanol–water partition coefficient (Wildman–Crippen LogP) is 3.47. The van der Waals surface area contributed by atoms with E-state index >= 15 is 0 Å². The van der Waals surface area contributed by atoms with E-state index in [0.717, 1.165) is 50.9 Å². The van der Waals surface area contributed by atoms with Gasteiger partial charge in [0.05, 0.1) is 5.75 Å². The average Bonchev–Trinajstić information content (AvgIpc) is 3.24. The van der Waals surface area contributed by atoms with E-state index in [2.05, 4.69) is 15.1 Å². The number of benzene rings is 1. The summed E-state index contributed by atoms with van der Waals surface area (Å²) in [5, 5.41) is 8.50. The Bertz CT molecular complexity index is 957. The minimum atomic E-state index is -3.30. The first-order valence-corrected chi connectivity index (χ1v) is 12.4. The van der Waals surface area contributed by atoms with E-state index in [1.54, 1.807) is 19.1 Å². The molecule has 2 fully saturated rings. The largest absolute Gasteiger partial charge is 0.423 e. The smallest absolute Gasteiger partial charge is 0.234 e. The Morgan fingerprint density at radius 2 is 1.87 bits per heavy atom. The molecule has 3 heterocycles. The zero-order valence-corrected chi connectivity index (χ0v) is 18.2. The monoisotopic (exact) mass is 436 g/mol. The Labute approximate surface area is 177 Å². The van der Waals surface area contributed by atoms with Gasteiger partial charge in [-0.1, -0.05) is 18.6 Å². The summed E-state index contributed by atoms with van der Waals surface area (Å²) in [4.78, 5) is 2.30. The van der Waals surface area contributed by atoms with Crippen LogP contribution in [0, 0.1) is 5.82 Å². The molecular formula is C21H29FN4O3S. The molecule has 9 heteroatoms. The Morgan fingerprint density at radius 1 is 1.10 bits per heavy atom. The van der Waals surface area contributed by atoms with E-state index in [9.17, 15) is 12.8 Å². The van der Waals surface area contributed by atoms with Crippen LogP contribution >= 0.6 is 0 Å². The van der Waals surface area contributed by atoms with Crippen molar-refractivity contribution < 1.29 is 17.2 Å². The highest BCUT2D eigenvalue weighted by atomic mass is 32.2. The fraction of sp³-hybridized carbons (Fsp3) is 0.619. The first-order chi connectivity index (χ1) is 14.5. The molecular weight excluding hydrogens is 407 g/mol. The second-order valence-corrected chi connectivity index (χ2v) is 10.4. The molecule has 0 radical (unpaired) electrons. The van der Waals surface area contributed by atoms with Crippen molar-refractivity contribution in [1.82, 2.24) is 19.4 Å². The molecule has 0 aliphatic carbocycles. The molecule has 30 heavy (non-hydrogen) atoms. The summed E-state index contributed by atoms with van der Waals surface area (Å²) in [6.45, 7) is 4.65. The molecule has 2 aromatic rings. The maximum absolute atomic E-state index is 13.4. The van der Waals surface area contributed by atoms with Crippen molar-refractivity contribution in [3.8, 4) is 0 Å². The summed E-state index contributed by atoms with van der Waals surface area (Å²) >= 11 is 0. The normalized spacial score (nSPS) is 22.4. The molecule has 2 saturated heterocycles. The second-order valence-electron chi connectivity index (χ2n) is 8.18. The number of hydrogen-bond donors (Lipinski definition) is 0. The van der Waals surface area contributed by atoms with Crippen LogP contribution in [0.15, 0.2) is 28.7 Å². The van der Waals surface area contributed by atoms with Crippen LogP contribution in [0.5, 0.6) is 0 Å². The maximum Gasteiger partial charge on any atom is 0.234 e. The molecule has 2 aliphatic heterocycles. The molecule has 1 aromatic heterocycles. The second kappa shape index (κ2) is 9.11. The molecule has 7 nitrogen and oxygen atoms in total. The Hall–Kier alpha value is -1.84. The van der Waals surface area contributed by atoms with Gasteiger partial charge in [0.2, 0.25) is 21.8 Å². The van der Waals surface area contributed by atoms with Crippen molar-refractivity contribution in [3.63, 3.8) is 0 Å². The van der Waals surface area contributed by atoms with Crippen molar-refractivity contribution in [2.24, 2.45) is 0 Å². The van der Waals surface area contributed by atoms with Gasteiger partial charge in [-0.3, -0.25) is 4.90 Å². The number of hydrogen-bond acceptors (Lipinski definition) is 6. The van der Waals surface area contributed by atoms with Crippen LogP contribution in [0.3, 0.4) is 0 Å². The number of sulfonamides is 1. The van der Waals surface area contributed by atoms with E-state index in [4.69, 9.17) is 4.42 Å². The van der Waals surface area contributed by atoms with Crippen molar-refractivity contribution in [2.45, 2.75) is 57.5 Å². The van der Waals surface area contributed by atoms with Gasteiger partial charge in [-0.15, -0.1) is 10.2 Å². The van der Waals surface area contributed by atoms with E-state index in [-0.39, 0.29) is 23.5 Å². The van der Waals surface area contributed by atoms with Crippen LogP contribution in [0.2, 0.25) is 0 Å². The Morgan fingerprint density at radius 3 is 2.60 bits per heavy atom. The zero-order valence-electron chi connectivity index (χ0n) is 17.3. The summed E-state index contributed by atoms with van der Waals surface area (Å²) in [6.07, 6.45) is 4.31. The summed E-state index contributed by atoms with van der Waals surface area (Å²) in [6, 6.07) is 6.38. The molecule has 1 atom stereocenters. The van der Waals surface area contributed by atoms with Gasteiger partial charge in [0.1, 0.15) is 11.9 Å². The van der Waals surface area contributed by atoms with Gasteiger partial charge in [0.25, 0.3) is 0 Å². The minimum Gasteiger partial charge on any atom is -0.423 e. The molecule has 0 saturated carbocycles. The maximum atomic E-state index is 13.4. The summed E-state index contributed by atoms with van der Waals surface area (Å²) < 4.78 is 45.9. The van der Waals surface area contributed by atoms with Crippen LogP contribution in [-0.4, -0.2) is 53.2 Å². The highest BCUT2D eigenvalue weighted by molar-refractivity contribution is 7.89. The third kappa shape index (κ3) is 4.73. The fourth-order valence-corrected chi connectivity index (χ4v) is 5.75. The highest BCUT2D eigenvalue weighted by Crippen LogP contribution is 2.35. The van der Waals surface area contributed by atoms with E-state index in [1.807, 2.05) is 6.07 Å². The standard InChI is InChI=1S/C21H29FN4O3S/c1-2-30(27,28)26-11-4-3-8-19(26)21-24-23-20(29-21)17-9-12-25(13-10-17)15-16-6-5-7-18(22)14-16/h5-7,14,17,19H,2-4,8-13,15H2,1H3. The number of aromatic nitrogens is 2. The molecule has 0 bridgehead atoms. The minimum absolute atomic E-state index is 0.0776. The molecule has 164 valence electrons. The number of rotatable bonds is 6. The third-order valence-electron chi connectivity index (χ3n) is 6.15. The lowest BCUT2D eigenvalue weighted by atomic mass is 9.96. The lowest BCUT2D eigenvalue weighted by Crippen LogP contribution is -2.39. The molecule has 1 aromatic carbocycles. The topological polar surface area (TPSA) is 79.5 Å². The van der Waals surface area contributed by atoms with Crippen molar-refractivity contribution in [3.05, 3.63) is 47.4 Å². The summed E-state index contributed by atoms with van der Waals surface area (Å²) in [5.74, 6) is 1.07. The average molecular weight is 437 g/mol. The third-order valence-corrected chi connectivity index (χ3v) is 8.03. The van der Waals surface area contributed by atoms with Crippen LogP contribution in [-0.2, 0) is 16.6 Å². The molecule has 0 spiro atoms. The number of halogens is 1. The summed E-state index contributed by atoms with van der Waals surface area (Å²) in [7, 11) is -3.30. The highest BCUT2D eigenvalue weighted by Gasteiger charge is 2.36. The Kier molecular flexibility index (Phi) is 6.50. The molecule has 4 rings (SSSR count). The van der Waals surface area contributed by atoms with Crippen LogP contribution in [0.1, 0.15) is 68.3 Å². The molecule has 0 N–H and O–H groups in total. The van der Waals surface area contributed by atoms with E-state index in [1.165, 1.54) is 10.4 Å².